The van der Waals surface area contributed by atoms with E-state index in [9.17, 15) is 0 Å². The van der Waals surface area contributed by atoms with Crippen LogP contribution in [-0.4, -0.2) is 14.8 Å². The molecule has 0 atom stereocenters. The zero-order chi connectivity index (χ0) is 36.4. The van der Waals surface area contributed by atoms with E-state index in [2.05, 4.69) is 211 Å². The molecule has 54 heavy (non-hydrogen) atoms. The molecular weight excluding hydrogens is 671 g/mol. The van der Waals surface area contributed by atoms with Gasteiger partial charge in [-0.2, -0.15) is 0 Å². The van der Waals surface area contributed by atoms with Crippen molar-refractivity contribution >= 4 is 81.3 Å². The molecule has 258 valence electrons. The van der Waals surface area contributed by atoms with E-state index in [1.54, 1.807) is 0 Å². The first-order chi connectivity index (χ1) is 26.4. The van der Waals surface area contributed by atoms with Gasteiger partial charge in [-0.3, -0.25) is 0 Å². The lowest BCUT2D eigenvalue weighted by Gasteiger charge is -2.42. The minimum Gasteiger partial charge on any atom is -0.458 e. The second-order valence-corrected chi connectivity index (χ2v) is 20.4. The van der Waals surface area contributed by atoms with Crippen molar-refractivity contribution in [3.63, 3.8) is 0 Å². The number of hydrogen-bond acceptors (Lipinski definition) is 3. The van der Waals surface area contributed by atoms with Crippen LogP contribution < -0.4 is 36.1 Å². The molecule has 0 unspecified atom stereocenters. The Morgan fingerprint density at radius 1 is 0.500 bits per heavy atom. The van der Waals surface area contributed by atoms with E-state index in [0.717, 1.165) is 39.8 Å². The molecule has 0 saturated carbocycles. The summed E-state index contributed by atoms with van der Waals surface area (Å²) in [5.41, 5.74) is 12.9. The summed E-state index contributed by atoms with van der Waals surface area (Å²) in [6.07, 6.45) is 0. The molecule has 0 aromatic heterocycles. The largest absolute Gasteiger partial charge is 0.458 e. The lowest BCUT2D eigenvalue weighted by Crippen LogP contribution is -2.60. The first-order valence-corrected chi connectivity index (χ1v) is 22.3. The normalized spacial score (nSPS) is 12.8. The van der Waals surface area contributed by atoms with E-state index < -0.39 is 8.07 Å². The Balaban J connectivity index is 1.32. The van der Waals surface area contributed by atoms with Crippen molar-refractivity contribution in [3.05, 3.63) is 182 Å². The molecule has 0 spiro atoms. The first kappa shape index (κ1) is 32.4. The average molecular weight is 711 g/mol. The minimum absolute atomic E-state index is 0.0323. The van der Waals surface area contributed by atoms with Crippen LogP contribution in [0.2, 0.25) is 19.6 Å². The molecule has 2 heterocycles. The molecule has 2 aliphatic rings. The van der Waals surface area contributed by atoms with Gasteiger partial charge < -0.3 is 14.5 Å². The SMILES string of the molecule is C[Si](C)(C)c1cc2c3c(c1)N(c1ccccc1)c1cc(N(c4ccccc4)c4ccccc4)c4ccccc4c1B3c1ccc(-c3ccccc3)cc1O2. The van der Waals surface area contributed by atoms with Crippen molar-refractivity contribution in [3.8, 4) is 22.6 Å². The summed E-state index contributed by atoms with van der Waals surface area (Å²) in [5.74, 6) is 1.89. The summed E-state index contributed by atoms with van der Waals surface area (Å²) in [7, 11) is -1.79. The van der Waals surface area contributed by atoms with Crippen molar-refractivity contribution in [1.82, 2.24) is 0 Å². The zero-order valence-corrected chi connectivity index (χ0v) is 31.7. The van der Waals surface area contributed by atoms with Crippen molar-refractivity contribution in [2.75, 3.05) is 9.80 Å². The van der Waals surface area contributed by atoms with E-state index in [0.29, 0.717) is 0 Å². The third-order valence-electron chi connectivity index (χ3n) is 11.0. The number of anilines is 6. The fourth-order valence-corrected chi connectivity index (χ4v) is 9.59. The Morgan fingerprint density at radius 2 is 1.07 bits per heavy atom. The number of benzene rings is 8. The highest BCUT2D eigenvalue weighted by Crippen LogP contribution is 2.47. The van der Waals surface area contributed by atoms with E-state index in [1.165, 1.54) is 49.3 Å². The van der Waals surface area contributed by atoms with Crippen molar-refractivity contribution in [1.29, 1.82) is 0 Å². The average Bonchev–Trinajstić information content (AvgIpc) is 3.21. The molecule has 0 bridgehead atoms. The summed E-state index contributed by atoms with van der Waals surface area (Å²) in [5, 5.41) is 3.81. The van der Waals surface area contributed by atoms with Crippen LogP contribution in [0.4, 0.5) is 34.1 Å². The standard InChI is InChI=1S/C49H39BN2OSi/c1-54(2,3)39-31-44-49-47(32-39)53-46-30-35(34-18-8-4-9-19-34)28-29-42(46)50(49)48-41-27-17-16-26-40(41)43(33-45(48)52(44)38-24-14-7-15-25-38)51(36-20-10-5-11-21-36)37-22-12-6-13-23-37/h4-33H,1-3H3. The van der Waals surface area contributed by atoms with Gasteiger partial charge in [0.2, 0.25) is 0 Å². The molecule has 8 aromatic rings. The fourth-order valence-electron chi connectivity index (χ4n) is 8.45. The summed E-state index contributed by atoms with van der Waals surface area (Å²) in [6.45, 7) is 7.25. The van der Waals surface area contributed by atoms with E-state index in [1.807, 2.05) is 0 Å². The van der Waals surface area contributed by atoms with Gasteiger partial charge in [-0.25, -0.2) is 0 Å². The molecule has 0 radical (unpaired) electrons. The molecule has 10 rings (SSSR count). The third-order valence-corrected chi connectivity index (χ3v) is 13.0. The zero-order valence-electron chi connectivity index (χ0n) is 30.7. The fraction of sp³-hybridized carbons (Fsp3) is 0.0612. The third kappa shape index (κ3) is 5.27. The molecule has 5 heteroatoms. The van der Waals surface area contributed by atoms with Gasteiger partial charge in [-0.1, -0.05) is 146 Å². The Labute approximate surface area is 318 Å². The highest BCUT2D eigenvalue weighted by atomic mass is 28.3. The van der Waals surface area contributed by atoms with Gasteiger partial charge in [-0.05, 0) is 93.6 Å². The van der Waals surface area contributed by atoms with Crippen LogP contribution in [0.3, 0.4) is 0 Å². The summed E-state index contributed by atoms with van der Waals surface area (Å²) in [4.78, 5) is 4.92. The maximum absolute atomic E-state index is 7.10. The van der Waals surface area contributed by atoms with Crippen LogP contribution in [0.5, 0.6) is 11.5 Å². The number of fused-ring (bicyclic) bond motifs is 6. The van der Waals surface area contributed by atoms with Gasteiger partial charge in [0.1, 0.15) is 11.5 Å². The molecule has 0 amide bonds. The minimum atomic E-state index is -1.79. The van der Waals surface area contributed by atoms with Crippen LogP contribution in [0.25, 0.3) is 21.9 Å². The predicted octanol–water partition coefficient (Wildman–Crippen LogP) is 10.9. The highest BCUT2D eigenvalue weighted by Gasteiger charge is 2.44. The van der Waals surface area contributed by atoms with E-state index in [-0.39, 0.29) is 6.71 Å². The maximum atomic E-state index is 7.10. The van der Waals surface area contributed by atoms with Gasteiger partial charge >= 0.3 is 0 Å². The molecule has 3 nitrogen and oxygen atoms in total. The number of rotatable bonds is 6. The smallest absolute Gasteiger partial charge is 0.257 e. The Kier molecular flexibility index (Phi) is 7.60. The van der Waals surface area contributed by atoms with Crippen molar-refractivity contribution < 1.29 is 4.74 Å². The second kappa shape index (κ2) is 12.7. The number of hydrogen-bond donors (Lipinski definition) is 0. The topological polar surface area (TPSA) is 15.7 Å². The van der Waals surface area contributed by atoms with Gasteiger partial charge in [-0.15, -0.1) is 0 Å². The van der Waals surface area contributed by atoms with E-state index >= 15 is 0 Å². The molecule has 0 N–H and O–H groups in total. The highest BCUT2D eigenvalue weighted by molar-refractivity contribution is 7.01. The molecule has 0 aliphatic carbocycles. The Bertz CT molecular complexity index is 2640. The number of nitrogens with zero attached hydrogens (tertiary/aromatic N) is 2. The van der Waals surface area contributed by atoms with Crippen LogP contribution in [0.15, 0.2) is 182 Å². The number of ether oxygens (including phenoxy) is 1. The molecule has 0 saturated heterocycles. The maximum Gasteiger partial charge on any atom is 0.257 e. The van der Waals surface area contributed by atoms with Gasteiger partial charge in [0.05, 0.1) is 13.8 Å². The van der Waals surface area contributed by atoms with Crippen LogP contribution in [0.1, 0.15) is 0 Å². The van der Waals surface area contributed by atoms with E-state index in [4.69, 9.17) is 4.74 Å². The van der Waals surface area contributed by atoms with Gasteiger partial charge in [0, 0.05) is 33.8 Å². The van der Waals surface area contributed by atoms with Crippen LogP contribution >= 0.6 is 0 Å². The lowest BCUT2D eigenvalue weighted by atomic mass is 9.33. The molecule has 0 fully saturated rings. The number of para-hydroxylation sites is 3. The monoisotopic (exact) mass is 710 g/mol. The molecule has 2 aliphatic heterocycles. The Hall–Kier alpha value is -6.30. The quantitative estimate of drug-likeness (QED) is 0.160. The molecule has 8 aromatic carbocycles. The van der Waals surface area contributed by atoms with Crippen molar-refractivity contribution in [2.45, 2.75) is 19.6 Å². The van der Waals surface area contributed by atoms with Gasteiger partial charge in [0.25, 0.3) is 6.71 Å². The summed E-state index contributed by atoms with van der Waals surface area (Å²) >= 11 is 0. The predicted molar refractivity (Wildman–Crippen MR) is 233 cm³/mol. The second-order valence-electron chi connectivity index (χ2n) is 15.4. The lowest BCUT2D eigenvalue weighted by molar-refractivity contribution is 0.488. The summed E-state index contributed by atoms with van der Waals surface area (Å²) in [6, 6.07) is 66.1. The van der Waals surface area contributed by atoms with Crippen LogP contribution in [-0.2, 0) is 0 Å². The molecular formula is C49H39BN2OSi. The van der Waals surface area contributed by atoms with Gasteiger partial charge in [0.15, 0.2) is 0 Å². The Morgan fingerprint density at radius 3 is 1.72 bits per heavy atom. The van der Waals surface area contributed by atoms with Crippen molar-refractivity contribution in [2.24, 2.45) is 0 Å². The first-order valence-electron chi connectivity index (χ1n) is 18.8. The summed E-state index contributed by atoms with van der Waals surface area (Å²) < 4.78 is 7.10. The van der Waals surface area contributed by atoms with Crippen LogP contribution in [0, 0.1) is 0 Å².